The number of rotatable bonds is 12. The van der Waals surface area contributed by atoms with Crippen molar-refractivity contribution in [3.05, 3.63) is 145 Å². The van der Waals surface area contributed by atoms with Crippen LogP contribution in [0.2, 0.25) is 0 Å². The van der Waals surface area contributed by atoms with Crippen LogP contribution < -0.4 is 32.9 Å². The molecule has 224 valence electrons. The fraction of sp³-hybridized carbons (Fsp3) is 0.250. The van der Waals surface area contributed by atoms with Crippen molar-refractivity contribution in [2.45, 2.75) is 65.2 Å². The van der Waals surface area contributed by atoms with Crippen molar-refractivity contribution in [3.8, 4) is 16.9 Å². The maximum atomic E-state index is 9.77. The third-order valence-electron chi connectivity index (χ3n) is 7.66. The fourth-order valence-corrected chi connectivity index (χ4v) is 7.72. The topological polar surface area (TPSA) is 20.2 Å². The summed E-state index contributed by atoms with van der Waals surface area (Å²) < 4.78 is 0. The highest BCUT2D eigenvalue weighted by Gasteiger charge is 2.25. The van der Waals surface area contributed by atoms with Gasteiger partial charge in [0.1, 0.15) is 21.7 Å². The molecular weight excluding hydrogens is 607 g/mol. The first-order chi connectivity index (χ1) is 20.7. The molecule has 0 bridgehead atoms. The lowest BCUT2D eigenvalue weighted by molar-refractivity contribution is -0.00000943. The fourth-order valence-electron chi connectivity index (χ4n) is 5.22. The van der Waals surface area contributed by atoms with Crippen LogP contribution in [0.1, 0.15) is 63.5 Å². The van der Waals surface area contributed by atoms with Crippen molar-refractivity contribution >= 4 is 23.8 Å². The van der Waals surface area contributed by atoms with E-state index in [1.54, 1.807) is 0 Å². The normalized spacial score (nSPS) is 10.5. The zero-order chi connectivity index (χ0) is 29.4. The van der Waals surface area contributed by atoms with Crippen LogP contribution in [-0.4, -0.2) is 5.11 Å². The predicted octanol–water partition coefficient (Wildman–Crippen LogP) is 6.71. The van der Waals surface area contributed by atoms with Crippen molar-refractivity contribution in [1.82, 2.24) is 0 Å². The average Bonchev–Trinajstić information content (AvgIpc) is 3.05. The molecule has 0 saturated heterocycles. The monoisotopic (exact) mass is 652 g/mol. The van der Waals surface area contributed by atoms with Gasteiger partial charge >= 0.3 is 0 Å². The van der Waals surface area contributed by atoms with E-state index < -0.39 is 7.92 Å². The van der Waals surface area contributed by atoms with E-state index in [0.29, 0.717) is 5.75 Å². The zero-order valence-corrected chi connectivity index (χ0v) is 28.3. The van der Waals surface area contributed by atoms with Gasteiger partial charge in [-0.15, -0.1) is 0 Å². The van der Waals surface area contributed by atoms with Gasteiger partial charge in [-0.2, -0.15) is 0 Å². The molecule has 0 aliphatic carbocycles. The standard InChI is InChI=1S/C28H35OP.C12H10.BrH/c1-3-5-7-9-23-11-17-26(18-12-23)30(28-21-15-25(29)16-22-28)27-19-13-24(14-20-27)10-8-6-4-2;1-3-7-11(8-4-1)12-9-5-2-6-10-12;/h11-22,29H,3-10H2,1-2H3;1-10H;1H. The summed E-state index contributed by atoms with van der Waals surface area (Å²) in [5.41, 5.74) is 5.42. The van der Waals surface area contributed by atoms with Crippen molar-refractivity contribution < 1.29 is 22.1 Å². The molecule has 1 nitrogen and oxygen atoms in total. The van der Waals surface area contributed by atoms with E-state index in [0.717, 1.165) is 0 Å². The Balaban J connectivity index is 0.000000324. The van der Waals surface area contributed by atoms with Crippen LogP contribution >= 0.6 is 7.92 Å². The van der Waals surface area contributed by atoms with Crippen LogP contribution in [0.15, 0.2) is 133 Å². The Labute approximate surface area is 271 Å². The summed E-state index contributed by atoms with van der Waals surface area (Å²) in [5, 5.41) is 13.9. The molecule has 0 heterocycles. The van der Waals surface area contributed by atoms with Crippen LogP contribution in [0.5, 0.6) is 5.75 Å². The molecule has 0 atom stereocenters. The average molecular weight is 654 g/mol. The largest absolute Gasteiger partial charge is 1.00 e. The zero-order valence-electron chi connectivity index (χ0n) is 25.7. The molecule has 3 heteroatoms. The Kier molecular flexibility index (Phi) is 15.3. The summed E-state index contributed by atoms with van der Waals surface area (Å²) in [5.74, 6) is 0.331. The number of aromatic hydroxyl groups is 1. The van der Waals surface area contributed by atoms with Gasteiger partial charge in [0, 0.05) is 0 Å². The summed E-state index contributed by atoms with van der Waals surface area (Å²) in [7, 11) is -1.09. The highest BCUT2D eigenvalue weighted by Crippen LogP contribution is 2.33. The molecule has 1 N–H and O–H groups in total. The van der Waals surface area contributed by atoms with E-state index in [-0.39, 0.29) is 17.0 Å². The van der Waals surface area contributed by atoms with Crippen LogP contribution in [0.3, 0.4) is 0 Å². The summed E-state index contributed by atoms with van der Waals surface area (Å²) >= 11 is 0. The molecule has 0 spiro atoms. The molecule has 0 aliphatic heterocycles. The molecule has 0 saturated carbocycles. The molecular formula is C40H46BrOP. The number of halogens is 1. The Morgan fingerprint density at radius 2 is 0.791 bits per heavy atom. The maximum Gasteiger partial charge on any atom is 0.115 e. The molecule has 5 aromatic rings. The van der Waals surface area contributed by atoms with Crippen LogP contribution in [0.25, 0.3) is 11.1 Å². The van der Waals surface area contributed by atoms with E-state index in [1.807, 2.05) is 24.3 Å². The van der Waals surface area contributed by atoms with E-state index in [9.17, 15) is 5.11 Å². The molecule has 0 unspecified atom stereocenters. The molecule has 0 radical (unpaired) electrons. The van der Waals surface area contributed by atoms with Gasteiger partial charge in [-0.25, -0.2) is 0 Å². The summed E-state index contributed by atoms with van der Waals surface area (Å²) in [6.45, 7) is 4.51. The van der Waals surface area contributed by atoms with Gasteiger partial charge in [0.2, 0.25) is 0 Å². The number of unbranched alkanes of at least 4 members (excludes halogenated alkanes) is 4. The second-order valence-corrected chi connectivity index (χ2v) is 13.4. The molecule has 5 rings (SSSR count). The Bertz CT molecular complexity index is 1330. The Morgan fingerprint density at radius 1 is 0.442 bits per heavy atom. The van der Waals surface area contributed by atoms with Gasteiger partial charge in [-0.1, -0.05) is 124 Å². The van der Waals surface area contributed by atoms with Gasteiger partial charge in [-0.05, 0) is 96.5 Å². The number of hydrogen-bond acceptors (Lipinski definition) is 1. The van der Waals surface area contributed by atoms with Gasteiger partial charge in [0.15, 0.2) is 0 Å². The van der Waals surface area contributed by atoms with Crippen LogP contribution in [0, 0.1) is 0 Å². The minimum absolute atomic E-state index is 0. The number of aryl methyl sites for hydroxylation is 2. The van der Waals surface area contributed by atoms with Crippen LogP contribution in [-0.2, 0) is 12.8 Å². The first-order valence-corrected chi connectivity index (χ1v) is 17.1. The van der Waals surface area contributed by atoms with E-state index in [1.165, 1.54) is 89.5 Å². The lowest BCUT2D eigenvalue weighted by atomic mass is 10.1. The van der Waals surface area contributed by atoms with Crippen molar-refractivity contribution in [2.75, 3.05) is 0 Å². The first-order valence-electron chi connectivity index (χ1n) is 15.6. The SMILES string of the molecule is CCCCCc1ccc([PH+](c2ccc(O)cc2)c2ccc(CCCCC)cc2)cc1.[Br-].c1ccc(-c2ccccc2)cc1. The smallest absolute Gasteiger partial charge is 0.115 e. The van der Waals surface area contributed by atoms with Gasteiger partial charge in [0.25, 0.3) is 0 Å². The molecule has 43 heavy (non-hydrogen) atoms. The maximum absolute atomic E-state index is 9.77. The van der Waals surface area contributed by atoms with Crippen molar-refractivity contribution in [1.29, 1.82) is 0 Å². The van der Waals surface area contributed by atoms with Crippen molar-refractivity contribution in [2.24, 2.45) is 0 Å². The Morgan fingerprint density at radius 3 is 1.14 bits per heavy atom. The van der Waals surface area contributed by atoms with E-state index in [4.69, 9.17) is 0 Å². The second-order valence-electron chi connectivity index (χ2n) is 11.0. The third kappa shape index (κ3) is 11.1. The molecule has 0 aliphatic rings. The minimum atomic E-state index is -1.09. The number of phenolic OH excluding ortho intramolecular Hbond substituents is 1. The molecule has 0 fully saturated rings. The molecule has 0 aromatic heterocycles. The van der Waals surface area contributed by atoms with E-state index >= 15 is 0 Å². The molecule has 5 aromatic carbocycles. The lowest BCUT2D eigenvalue weighted by Crippen LogP contribution is -3.00. The highest BCUT2D eigenvalue weighted by atomic mass is 79.9. The van der Waals surface area contributed by atoms with Crippen LogP contribution in [0.4, 0.5) is 0 Å². The number of phenols is 1. The highest BCUT2D eigenvalue weighted by molar-refractivity contribution is 7.79. The van der Waals surface area contributed by atoms with Gasteiger partial charge in [-0.3, -0.25) is 0 Å². The van der Waals surface area contributed by atoms with E-state index in [2.05, 4.69) is 123 Å². The third-order valence-corrected chi connectivity index (χ3v) is 10.4. The lowest BCUT2D eigenvalue weighted by Gasteiger charge is -2.12. The summed E-state index contributed by atoms with van der Waals surface area (Å²) in [6.07, 6.45) is 10.0. The first kappa shape index (κ1) is 34.3. The Hall–Kier alpha value is -3.19. The summed E-state index contributed by atoms with van der Waals surface area (Å²) in [6, 6.07) is 47.2. The summed E-state index contributed by atoms with van der Waals surface area (Å²) in [4.78, 5) is 0. The second kappa shape index (κ2) is 19.2. The number of benzene rings is 5. The van der Waals surface area contributed by atoms with Gasteiger partial charge < -0.3 is 22.1 Å². The predicted molar refractivity (Wildman–Crippen MR) is 187 cm³/mol. The van der Waals surface area contributed by atoms with Crippen molar-refractivity contribution in [3.63, 3.8) is 0 Å². The number of hydrogen-bond donors (Lipinski definition) is 1. The minimum Gasteiger partial charge on any atom is -1.00 e. The van der Waals surface area contributed by atoms with Gasteiger partial charge in [0.05, 0.1) is 7.92 Å². The quantitative estimate of drug-likeness (QED) is 0.117. The molecule has 0 amide bonds.